The maximum atomic E-state index is 12.4. The van der Waals surface area contributed by atoms with Crippen molar-refractivity contribution in [1.29, 1.82) is 0 Å². The minimum absolute atomic E-state index is 0.0608. The number of hydrogen-bond acceptors (Lipinski definition) is 5. The summed E-state index contributed by atoms with van der Waals surface area (Å²) in [6.45, 7) is 5.39. The van der Waals surface area contributed by atoms with Crippen molar-refractivity contribution in [3.05, 3.63) is 63.2 Å². The molecule has 0 aliphatic carbocycles. The standard InChI is InChI=1S/C19H23N5O/c1-12-5-13(2)18-16(6-12)17(25)7-15(23-18)11-24(4)10-14-8-21-19(20-3)22-9-14/h5-9H,10-11H2,1-4H3,(H,23,25)(H,20,21,22). The van der Waals surface area contributed by atoms with Crippen molar-refractivity contribution in [2.45, 2.75) is 26.9 Å². The number of H-pyrrole nitrogens is 1. The molecular formula is C19H23N5O. The molecule has 0 saturated heterocycles. The zero-order valence-electron chi connectivity index (χ0n) is 15.1. The first-order valence-corrected chi connectivity index (χ1v) is 8.26. The highest BCUT2D eigenvalue weighted by molar-refractivity contribution is 5.82. The first-order valence-electron chi connectivity index (χ1n) is 8.26. The van der Waals surface area contributed by atoms with Crippen LogP contribution in [0.15, 0.2) is 35.4 Å². The Labute approximate surface area is 146 Å². The van der Waals surface area contributed by atoms with Gasteiger partial charge in [0, 0.05) is 55.2 Å². The Hall–Kier alpha value is -2.73. The molecule has 0 radical (unpaired) electrons. The molecule has 2 heterocycles. The smallest absolute Gasteiger partial charge is 0.222 e. The minimum atomic E-state index is 0.0608. The number of rotatable bonds is 5. The van der Waals surface area contributed by atoms with Crippen LogP contribution in [0.2, 0.25) is 0 Å². The Kier molecular flexibility index (Phi) is 4.81. The highest BCUT2D eigenvalue weighted by Gasteiger charge is 2.08. The van der Waals surface area contributed by atoms with Crippen molar-refractivity contribution < 1.29 is 0 Å². The van der Waals surface area contributed by atoms with Gasteiger partial charge in [0.15, 0.2) is 5.43 Å². The zero-order valence-corrected chi connectivity index (χ0v) is 15.1. The fourth-order valence-corrected chi connectivity index (χ4v) is 3.07. The van der Waals surface area contributed by atoms with Crippen LogP contribution in [0, 0.1) is 13.8 Å². The van der Waals surface area contributed by atoms with Crippen LogP contribution < -0.4 is 10.7 Å². The predicted molar refractivity (Wildman–Crippen MR) is 101 cm³/mol. The van der Waals surface area contributed by atoms with Crippen molar-refractivity contribution in [1.82, 2.24) is 19.9 Å². The number of nitrogens with one attached hydrogen (secondary N) is 2. The summed E-state index contributed by atoms with van der Waals surface area (Å²) in [6, 6.07) is 5.72. The number of nitrogens with zero attached hydrogens (tertiary/aromatic N) is 3. The van der Waals surface area contributed by atoms with Crippen LogP contribution in [-0.2, 0) is 13.1 Å². The van der Waals surface area contributed by atoms with Crippen molar-refractivity contribution in [3.63, 3.8) is 0 Å². The Bertz CT molecular complexity index is 946. The van der Waals surface area contributed by atoms with Crippen molar-refractivity contribution >= 4 is 16.9 Å². The molecule has 6 heteroatoms. The maximum Gasteiger partial charge on any atom is 0.222 e. The Balaban J connectivity index is 1.81. The summed E-state index contributed by atoms with van der Waals surface area (Å²) in [4.78, 5) is 26.4. The Morgan fingerprint density at radius 3 is 2.52 bits per heavy atom. The number of aromatic amines is 1. The van der Waals surface area contributed by atoms with E-state index in [1.165, 1.54) is 0 Å². The molecule has 3 rings (SSSR count). The lowest BCUT2D eigenvalue weighted by molar-refractivity contribution is 0.314. The first kappa shape index (κ1) is 17.1. The molecule has 3 aromatic rings. The molecule has 2 aromatic heterocycles. The lowest BCUT2D eigenvalue weighted by atomic mass is 10.1. The highest BCUT2D eigenvalue weighted by Crippen LogP contribution is 2.17. The number of benzene rings is 1. The van der Waals surface area contributed by atoms with Gasteiger partial charge >= 0.3 is 0 Å². The molecule has 6 nitrogen and oxygen atoms in total. The molecule has 0 unspecified atom stereocenters. The molecule has 0 amide bonds. The van der Waals surface area contributed by atoms with E-state index in [4.69, 9.17) is 0 Å². The second kappa shape index (κ2) is 7.03. The van der Waals surface area contributed by atoms with Gasteiger partial charge < -0.3 is 10.3 Å². The third-order valence-corrected chi connectivity index (χ3v) is 4.16. The van der Waals surface area contributed by atoms with E-state index >= 15 is 0 Å². The molecule has 0 fully saturated rings. The zero-order chi connectivity index (χ0) is 18.0. The predicted octanol–water partition coefficient (Wildman–Crippen LogP) is 2.61. The SMILES string of the molecule is CNc1ncc(CN(C)Cc2cc(=O)c3cc(C)cc(C)c3[nH]2)cn1. The number of aryl methyl sites for hydroxylation is 2. The van der Waals surface area contributed by atoms with E-state index in [1.807, 2.05) is 39.4 Å². The van der Waals surface area contributed by atoms with Crippen LogP contribution in [-0.4, -0.2) is 33.9 Å². The number of pyridine rings is 1. The molecular weight excluding hydrogens is 314 g/mol. The van der Waals surface area contributed by atoms with Gasteiger partial charge in [-0.1, -0.05) is 6.07 Å². The van der Waals surface area contributed by atoms with Gasteiger partial charge in [0.05, 0.1) is 5.52 Å². The van der Waals surface area contributed by atoms with Crippen LogP contribution in [0.25, 0.3) is 10.9 Å². The van der Waals surface area contributed by atoms with Gasteiger partial charge in [-0.2, -0.15) is 0 Å². The largest absolute Gasteiger partial charge is 0.357 e. The van der Waals surface area contributed by atoms with Crippen LogP contribution in [0.3, 0.4) is 0 Å². The molecule has 0 bridgehead atoms. The molecule has 0 aliphatic rings. The third kappa shape index (κ3) is 3.85. The average Bonchev–Trinajstić information content (AvgIpc) is 2.56. The summed E-state index contributed by atoms with van der Waals surface area (Å²) in [7, 11) is 3.80. The Morgan fingerprint density at radius 1 is 1.12 bits per heavy atom. The summed E-state index contributed by atoms with van der Waals surface area (Å²) in [5.41, 5.74) is 5.10. The molecule has 0 atom stereocenters. The van der Waals surface area contributed by atoms with E-state index in [-0.39, 0.29) is 5.43 Å². The number of anilines is 1. The molecule has 0 spiro atoms. The quantitative estimate of drug-likeness (QED) is 0.749. The van der Waals surface area contributed by atoms with E-state index in [1.54, 1.807) is 13.1 Å². The van der Waals surface area contributed by atoms with Gasteiger partial charge in [0.25, 0.3) is 0 Å². The van der Waals surface area contributed by atoms with Gasteiger partial charge in [0.1, 0.15) is 0 Å². The van der Waals surface area contributed by atoms with Crippen LogP contribution >= 0.6 is 0 Å². The molecule has 0 saturated carbocycles. The summed E-state index contributed by atoms with van der Waals surface area (Å²) in [5, 5.41) is 3.65. The van der Waals surface area contributed by atoms with Gasteiger partial charge in [-0.25, -0.2) is 9.97 Å². The summed E-state index contributed by atoms with van der Waals surface area (Å²) >= 11 is 0. The maximum absolute atomic E-state index is 12.4. The average molecular weight is 337 g/mol. The van der Waals surface area contributed by atoms with Crippen molar-refractivity contribution in [3.8, 4) is 0 Å². The summed E-state index contributed by atoms with van der Waals surface area (Å²) in [6.07, 6.45) is 3.62. The van der Waals surface area contributed by atoms with Gasteiger partial charge in [-0.15, -0.1) is 0 Å². The topological polar surface area (TPSA) is 73.9 Å². The second-order valence-corrected chi connectivity index (χ2v) is 6.50. The van der Waals surface area contributed by atoms with E-state index in [0.717, 1.165) is 33.3 Å². The number of hydrogen-bond donors (Lipinski definition) is 2. The van der Waals surface area contributed by atoms with Crippen LogP contribution in [0.1, 0.15) is 22.4 Å². The van der Waals surface area contributed by atoms with Gasteiger partial charge in [-0.05, 0) is 38.1 Å². The first-order chi connectivity index (χ1) is 12.0. The lowest BCUT2D eigenvalue weighted by Crippen LogP contribution is -2.20. The van der Waals surface area contributed by atoms with Crippen molar-refractivity contribution in [2.24, 2.45) is 0 Å². The van der Waals surface area contributed by atoms with Gasteiger partial charge in [0.2, 0.25) is 5.95 Å². The third-order valence-electron chi connectivity index (χ3n) is 4.16. The monoisotopic (exact) mass is 337 g/mol. The summed E-state index contributed by atoms with van der Waals surface area (Å²) < 4.78 is 0. The minimum Gasteiger partial charge on any atom is -0.357 e. The highest BCUT2D eigenvalue weighted by atomic mass is 16.1. The summed E-state index contributed by atoms with van der Waals surface area (Å²) in [5.74, 6) is 0.607. The molecule has 130 valence electrons. The van der Waals surface area contributed by atoms with Crippen LogP contribution in [0.5, 0.6) is 0 Å². The van der Waals surface area contributed by atoms with Crippen molar-refractivity contribution in [2.75, 3.05) is 19.4 Å². The second-order valence-electron chi connectivity index (χ2n) is 6.50. The number of fused-ring (bicyclic) bond motifs is 1. The number of aromatic nitrogens is 3. The normalized spacial score (nSPS) is 11.2. The fourth-order valence-electron chi connectivity index (χ4n) is 3.07. The van der Waals surface area contributed by atoms with E-state index in [0.29, 0.717) is 19.0 Å². The van der Waals surface area contributed by atoms with E-state index in [9.17, 15) is 4.79 Å². The lowest BCUT2D eigenvalue weighted by Gasteiger charge is -2.17. The molecule has 25 heavy (non-hydrogen) atoms. The molecule has 0 aliphatic heterocycles. The fraction of sp³-hybridized carbons (Fsp3) is 0.316. The van der Waals surface area contributed by atoms with Crippen LogP contribution in [0.4, 0.5) is 5.95 Å². The molecule has 2 N–H and O–H groups in total. The van der Waals surface area contributed by atoms with E-state index < -0.39 is 0 Å². The van der Waals surface area contributed by atoms with E-state index in [2.05, 4.69) is 31.2 Å². The molecule has 1 aromatic carbocycles. The van der Waals surface area contributed by atoms with Gasteiger partial charge in [-0.3, -0.25) is 9.69 Å². The Morgan fingerprint density at radius 2 is 1.84 bits per heavy atom.